The average Bonchev–Trinajstić information content (AvgIpc) is 1.62. The van der Waals surface area contributed by atoms with Crippen LogP contribution in [0, 0.1) is 0 Å². The minimum absolute atomic E-state index is 0. The van der Waals surface area contributed by atoms with Crippen LogP contribution in [-0.2, 0) is 81.5 Å². The summed E-state index contributed by atoms with van der Waals surface area (Å²) in [4.78, 5) is 103. The molecule has 0 fully saturated rings. The molecule has 24 heteroatoms. The van der Waals surface area contributed by atoms with Crippen LogP contribution in [0.3, 0.4) is 0 Å². The Morgan fingerprint density at radius 3 is 0.333 bits per heavy atom. The van der Waals surface area contributed by atoms with E-state index in [9.17, 15) is 0 Å². The molecule has 0 aliphatic heterocycles. The number of hydrogen-bond acceptors (Lipinski definition) is 16. The summed E-state index contributed by atoms with van der Waals surface area (Å²) in [6.07, 6.45) is 0. The monoisotopic (exact) mass is 950 g/mol. The fourth-order valence-corrected chi connectivity index (χ4v) is 0. The molecule has 0 spiro atoms. The third-order valence-electron chi connectivity index (χ3n) is 0. The molecule has 2 N–H and O–H groups in total. The Kier molecular flexibility index (Phi) is 45.6. The van der Waals surface area contributed by atoms with Crippen molar-refractivity contribution in [1.82, 2.24) is 0 Å². The van der Waals surface area contributed by atoms with Crippen molar-refractivity contribution in [3.63, 3.8) is 0 Å². The van der Waals surface area contributed by atoms with Crippen molar-refractivity contribution in [3.05, 3.63) is 0 Å². The summed E-state index contributed by atoms with van der Waals surface area (Å²) in [5, 5.41) is 0. The summed E-state index contributed by atoms with van der Waals surface area (Å²) < 4.78 is 34.2. The Morgan fingerprint density at radius 1 is 0.333 bits per heavy atom. The van der Waals surface area contributed by atoms with Crippen molar-refractivity contribution < 1.29 is 146 Å². The van der Waals surface area contributed by atoms with E-state index in [0.29, 0.717) is 0 Å². The Balaban J connectivity index is -0.0000000225. The fraction of sp³-hybridized carbons (Fsp3) is 0. The van der Waals surface area contributed by atoms with Crippen molar-refractivity contribution in [2.45, 2.75) is 0 Å². The van der Waals surface area contributed by atoms with Crippen LogP contribution in [0.25, 0.3) is 0 Å². The van der Waals surface area contributed by atoms with Gasteiger partial charge in [0.2, 0.25) is 0 Å². The second-order valence-electron chi connectivity index (χ2n) is 1.79. The number of hydrogen-bond donors (Lipinski definition) is 0. The first-order chi connectivity index (χ1) is 8.00. The molecule has 0 saturated carbocycles. The fourth-order valence-electron chi connectivity index (χ4n) is 0. The van der Waals surface area contributed by atoms with Crippen LogP contribution < -0.4 is 58.7 Å². The molecule has 0 aliphatic rings. The predicted molar refractivity (Wildman–Crippen MR) is 34.0 cm³/mol. The first-order valence-electron chi connectivity index (χ1n) is 2.92. The van der Waals surface area contributed by atoms with Gasteiger partial charge in [0, 0.05) is 63.2 Å². The van der Waals surface area contributed by atoms with Crippen LogP contribution in [0.4, 0.5) is 0 Å². The molecule has 154 valence electrons. The Bertz CT molecular complexity index is 292. The van der Waals surface area contributed by atoms with Crippen LogP contribution in [0.2, 0.25) is 0 Å². The standard InChI is InChI=1S/4H3O4P.H2O.3W/c4*1-5(2,3)4;;;;/h4*(H3,1,2,3,4);1H2;;;/p-12. The third kappa shape index (κ3) is 2220. The van der Waals surface area contributed by atoms with Crippen molar-refractivity contribution >= 4 is 31.3 Å². The first kappa shape index (κ1) is 50.3. The molecule has 0 aromatic rings. The zero-order chi connectivity index (χ0) is 18.0. The van der Waals surface area contributed by atoms with Gasteiger partial charge in [0.05, 0.1) is 0 Å². The number of rotatable bonds is 0. The normalized spacial score (nSPS) is 9.83. The van der Waals surface area contributed by atoms with Crippen molar-refractivity contribution in [2.75, 3.05) is 0 Å². The maximum Gasteiger partial charge on any atom is 0 e. The van der Waals surface area contributed by atoms with Gasteiger partial charge in [0.15, 0.2) is 0 Å². The average molecular weight is 949 g/mol. The largest absolute Gasteiger partial charge is 0.822 e. The maximum absolute atomic E-state index is 8.55. The molecule has 0 aromatic carbocycles. The van der Waals surface area contributed by atoms with Gasteiger partial charge >= 0.3 is 0 Å². The van der Waals surface area contributed by atoms with Gasteiger partial charge in [-0.1, -0.05) is 0 Å². The molecule has 0 rings (SSSR count). The topological polar surface area (TPSA) is 376 Å². The molecule has 0 atom stereocenters. The second-order valence-corrected chi connectivity index (χ2v) is 5.37. The molecular weight excluding hydrogens is 947 g/mol. The number of phosphoric acid groups is 4. The van der Waals surface area contributed by atoms with Crippen LogP contribution >= 0.6 is 31.3 Å². The molecule has 0 unspecified atom stereocenters. The summed E-state index contributed by atoms with van der Waals surface area (Å²) in [7, 11) is -21.6. The molecule has 24 heavy (non-hydrogen) atoms. The molecule has 0 amide bonds. The molecule has 17 nitrogen and oxygen atoms in total. The van der Waals surface area contributed by atoms with Crippen LogP contribution in [0.15, 0.2) is 0 Å². The SMILES string of the molecule is O.O=P([O-])([O-])[O-].O=P([O-])([O-])[O-].O=P([O-])([O-])[O-].O=P([O-])([O-])[O-].[W].[W].[W]. The molecule has 0 saturated heterocycles. The van der Waals surface area contributed by atoms with Gasteiger partial charge in [-0.3, -0.25) is 0 Å². The smallest absolute Gasteiger partial charge is 0 e. The van der Waals surface area contributed by atoms with Gasteiger partial charge in [0.25, 0.3) is 0 Å². The summed E-state index contributed by atoms with van der Waals surface area (Å²) in [6, 6.07) is 0. The first-order valence-corrected chi connectivity index (χ1v) is 8.76. The quantitative estimate of drug-likeness (QED) is 0.204. The molecular formula is H2O17P4W3-12. The minimum Gasteiger partial charge on any atom is -0.822 e. The van der Waals surface area contributed by atoms with E-state index in [1.165, 1.54) is 0 Å². The van der Waals surface area contributed by atoms with E-state index in [4.69, 9.17) is 77.0 Å². The molecule has 0 heterocycles. The Morgan fingerprint density at radius 2 is 0.333 bits per heavy atom. The predicted octanol–water partition coefficient (Wildman–Crippen LogP) is -12.1. The zero-order valence-corrected chi connectivity index (χ0v) is 22.4. The van der Waals surface area contributed by atoms with Crippen LogP contribution in [0.5, 0.6) is 0 Å². The van der Waals surface area contributed by atoms with E-state index >= 15 is 0 Å². The van der Waals surface area contributed by atoms with E-state index < -0.39 is 31.3 Å². The van der Waals surface area contributed by atoms with Gasteiger partial charge < -0.3 is 82.5 Å². The minimum atomic E-state index is -5.39. The van der Waals surface area contributed by atoms with Crippen LogP contribution in [-0.4, -0.2) is 5.48 Å². The summed E-state index contributed by atoms with van der Waals surface area (Å²) >= 11 is 0. The van der Waals surface area contributed by atoms with Gasteiger partial charge in [-0.25, -0.2) is 0 Å². The van der Waals surface area contributed by atoms with E-state index in [0.717, 1.165) is 0 Å². The van der Waals surface area contributed by atoms with Crippen LogP contribution in [0.1, 0.15) is 0 Å². The van der Waals surface area contributed by atoms with Crippen molar-refractivity contribution in [1.29, 1.82) is 0 Å². The van der Waals surface area contributed by atoms with Gasteiger partial charge in [0.1, 0.15) is 0 Å². The molecule has 0 bridgehead atoms. The van der Waals surface area contributed by atoms with Crippen molar-refractivity contribution in [3.8, 4) is 0 Å². The summed E-state index contributed by atoms with van der Waals surface area (Å²) in [6.45, 7) is 0. The van der Waals surface area contributed by atoms with Gasteiger partial charge in [-0.15, -0.1) is 0 Å². The van der Waals surface area contributed by atoms with E-state index in [1.54, 1.807) is 0 Å². The van der Waals surface area contributed by atoms with Gasteiger partial charge in [-0.2, -0.15) is 31.3 Å². The van der Waals surface area contributed by atoms with E-state index in [-0.39, 0.29) is 68.7 Å². The summed E-state index contributed by atoms with van der Waals surface area (Å²) in [5.41, 5.74) is 0. The molecule has 0 radical (unpaired) electrons. The van der Waals surface area contributed by atoms with Crippen molar-refractivity contribution in [2.24, 2.45) is 0 Å². The maximum atomic E-state index is 8.55. The van der Waals surface area contributed by atoms with E-state index in [2.05, 4.69) is 0 Å². The second kappa shape index (κ2) is 21.8. The Hall–Kier alpha value is 2.46. The van der Waals surface area contributed by atoms with E-state index in [1.807, 2.05) is 0 Å². The molecule has 0 aromatic heterocycles. The third-order valence-corrected chi connectivity index (χ3v) is 0. The van der Waals surface area contributed by atoms with Gasteiger partial charge in [-0.05, 0) is 0 Å². The zero-order valence-electron chi connectivity index (χ0n) is 10.0. The molecule has 0 aliphatic carbocycles. The summed E-state index contributed by atoms with van der Waals surface area (Å²) in [5.74, 6) is 0. The Labute approximate surface area is 176 Å².